The highest BCUT2D eigenvalue weighted by atomic mass is 16.6. The number of hydrogen-bond acceptors (Lipinski definition) is 9. The maximum absolute atomic E-state index is 13.2. The van der Waals surface area contributed by atoms with E-state index in [1.54, 1.807) is 21.0 Å². The summed E-state index contributed by atoms with van der Waals surface area (Å²) in [4.78, 5) is 50.2. The molecule has 49 heavy (non-hydrogen) atoms. The van der Waals surface area contributed by atoms with Crippen LogP contribution in [0.3, 0.4) is 0 Å². The summed E-state index contributed by atoms with van der Waals surface area (Å²) in [6.45, 7) is 7.16. The quantitative estimate of drug-likeness (QED) is 0.126. The lowest BCUT2D eigenvalue weighted by molar-refractivity contribution is -0.144. The smallest absolute Gasteiger partial charge is 0.407 e. The normalized spacial score (nSPS) is 13.4. The van der Waals surface area contributed by atoms with E-state index in [9.17, 15) is 24.3 Å². The summed E-state index contributed by atoms with van der Waals surface area (Å²) in [5, 5.41) is 15.3. The predicted molar refractivity (Wildman–Crippen MR) is 183 cm³/mol. The summed E-state index contributed by atoms with van der Waals surface area (Å²) in [6, 6.07) is 15.2. The van der Waals surface area contributed by atoms with Gasteiger partial charge in [0.05, 0.1) is 58.2 Å². The fourth-order valence-corrected chi connectivity index (χ4v) is 5.75. The molecule has 0 unspecified atom stereocenters. The van der Waals surface area contributed by atoms with E-state index in [1.165, 1.54) is 0 Å². The Balaban J connectivity index is 1.32. The molecule has 0 aliphatic heterocycles. The van der Waals surface area contributed by atoms with Crippen molar-refractivity contribution in [3.05, 3.63) is 59.7 Å². The maximum atomic E-state index is 13.2. The van der Waals surface area contributed by atoms with Crippen LogP contribution in [0, 0.1) is 11.8 Å². The second-order valence-electron chi connectivity index (χ2n) is 12.3. The van der Waals surface area contributed by atoms with Gasteiger partial charge in [0.15, 0.2) is 5.78 Å². The van der Waals surface area contributed by atoms with Gasteiger partial charge in [0.1, 0.15) is 6.61 Å². The molecule has 12 heteroatoms. The molecule has 0 aromatic heterocycles. The van der Waals surface area contributed by atoms with Crippen LogP contribution < -0.4 is 10.6 Å². The molecule has 0 saturated heterocycles. The molecular weight excluding hydrogens is 632 g/mol. The van der Waals surface area contributed by atoms with Gasteiger partial charge >= 0.3 is 12.1 Å². The minimum atomic E-state index is -1.07. The molecule has 3 rings (SSSR count). The number of rotatable bonds is 25. The van der Waals surface area contributed by atoms with Gasteiger partial charge in [-0.1, -0.05) is 68.8 Å². The molecule has 3 N–H and O–H groups in total. The van der Waals surface area contributed by atoms with Crippen molar-refractivity contribution in [2.24, 2.45) is 11.8 Å². The number of amides is 2. The van der Waals surface area contributed by atoms with Crippen molar-refractivity contribution in [3.63, 3.8) is 0 Å². The fraction of sp³-hybridized carbons (Fsp3) is 0.568. The molecule has 12 nitrogen and oxygen atoms in total. The van der Waals surface area contributed by atoms with Crippen molar-refractivity contribution < 1.29 is 48.0 Å². The third-order valence-electron chi connectivity index (χ3n) is 8.38. The second-order valence-corrected chi connectivity index (χ2v) is 12.3. The first-order valence-corrected chi connectivity index (χ1v) is 17.1. The number of Topliss-reactive ketones (excluding diaryl/α,β-unsaturated/α-hetero) is 1. The Morgan fingerprint density at radius 3 is 1.94 bits per heavy atom. The standard InChI is InChI=1S/C37H52N2O10/c1-26(2)35(39-37(44)49-25-32-30-13-6-4-11-28(30)29-12-5-7-14-31(29)32)33(40)24-27(36(42)43)10-8-9-16-38-34(41)15-17-46-20-21-48-23-22-47-19-18-45-3/h4-7,11-14,26-27,32,35H,8-10,15-25H2,1-3H3,(H,38,41)(H,39,44)(H,42,43)/t27-,35+/m1/s1. The molecule has 0 fully saturated rings. The van der Waals surface area contributed by atoms with Crippen LogP contribution in [0.15, 0.2) is 48.5 Å². The minimum Gasteiger partial charge on any atom is -0.481 e. The number of hydrogen-bond donors (Lipinski definition) is 3. The number of carbonyl (C=O) groups excluding carboxylic acids is 3. The van der Waals surface area contributed by atoms with Crippen LogP contribution in [0.25, 0.3) is 11.1 Å². The van der Waals surface area contributed by atoms with Crippen LogP contribution in [-0.4, -0.2) is 101 Å². The predicted octanol–water partition coefficient (Wildman–Crippen LogP) is 4.58. The van der Waals surface area contributed by atoms with Crippen LogP contribution in [0.1, 0.15) is 63.0 Å². The van der Waals surface area contributed by atoms with Gasteiger partial charge in [-0.3, -0.25) is 14.4 Å². The maximum Gasteiger partial charge on any atom is 0.407 e. The van der Waals surface area contributed by atoms with Gasteiger partial charge in [-0.15, -0.1) is 0 Å². The first-order valence-electron chi connectivity index (χ1n) is 17.1. The molecule has 1 aliphatic carbocycles. The number of carbonyl (C=O) groups is 4. The Bertz CT molecular complexity index is 1290. The second kappa shape index (κ2) is 22.0. The van der Waals surface area contributed by atoms with E-state index in [-0.39, 0.29) is 56.0 Å². The molecule has 2 aromatic rings. The summed E-state index contributed by atoms with van der Waals surface area (Å²) in [5.74, 6) is -2.86. The zero-order valence-electron chi connectivity index (χ0n) is 28.9. The highest BCUT2D eigenvalue weighted by molar-refractivity contribution is 5.90. The first-order chi connectivity index (χ1) is 23.7. The zero-order chi connectivity index (χ0) is 35.4. The Hall–Kier alpha value is -3.84. The Kier molecular flexibility index (Phi) is 17.8. The Morgan fingerprint density at radius 1 is 0.796 bits per heavy atom. The minimum absolute atomic E-state index is 0.113. The number of methoxy groups -OCH3 is 1. The van der Waals surface area contributed by atoms with Crippen LogP contribution in [0.2, 0.25) is 0 Å². The summed E-state index contributed by atoms with van der Waals surface area (Å²) in [5.41, 5.74) is 4.40. The topological polar surface area (TPSA) is 159 Å². The van der Waals surface area contributed by atoms with E-state index in [0.29, 0.717) is 59.0 Å². The summed E-state index contributed by atoms with van der Waals surface area (Å²) >= 11 is 0. The fourth-order valence-electron chi connectivity index (χ4n) is 5.75. The van der Waals surface area contributed by atoms with E-state index in [0.717, 1.165) is 22.3 Å². The van der Waals surface area contributed by atoms with E-state index in [4.69, 9.17) is 23.7 Å². The molecule has 1 aliphatic rings. The lowest BCUT2D eigenvalue weighted by Crippen LogP contribution is -2.45. The van der Waals surface area contributed by atoms with E-state index in [2.05, 4.69) is 22.8 Å². The number of ether oxygens (including phenoxy) is 5. The molecule has 0 bridgehead atoms. The molecule has 0 heterocycles. The van der Waals surface area contributed by atoms with Crippen LogP contribution in [-0.2, 0) is 38.1 Å². The molecule has 2 aromatic carbocycles. The summed E-state index contributed by atoms with van der Waals surface area (Å²) in [7, 11) is 1.61. The number of nitrogens with one attached hydrogen (secondary N) is 2. The van der Waals surface area contributed by atoms with Crippen LogP contribution in [0.5, 0.6) is 0 Å². The average Bonchev–Trinajstić information content (AvgIpc) is 3.41. The van der Waals surface area contributed by atoms with Crippen molar-refractivity contribution >= 4 is 23.8 Å². The zero-order valence-corrected chi connectivity index (χ0v) is 28.9. The molecule has 2 amide bonds. The van der Waals surface area contributed by atoms with Crippen LogP contribution in [0.4, 0.5) is 4.79 Å². The van der Waals surface area contributed by atoms with E-state index in [1.807, 2.05) is 36.4 Å². The van der Waals surface area contributed by atoms with Gasteiger partial charge in [0.25, 0.3) is 0 Å². The van der Waals surface area contributed by atoms with Gasteiger partial charge in [0.2, 0.25) is 5.91 Å². The molecule has 0 radical (unpaired) electrons. The Morgan fingerprint density at radius 2 is 1.37 bits per heavy atom. The average molecular weight is 685 g/mol. The largest absolute Gasteiger partial charge is 0.481 e. The van der Waals surface area contributed by atoms with Crippen molar-refractivity contribution in [2.75, 3.05) is 66.5 Å². The number of alkyl carbamates (subject to hydrolysis) is 1. The monoisotopic (exact) mass is 684 g/mol. The van der Waals surface area contributed by atoms with Crippen molar-refractivity contribution in [2.45, 2.75) is 57.9 Å². The first kappa shape index (κ1) is 39.6. The van der Waals surface area contributed by atoms with Gasteiger partial charge in [-0.2, -0.15) is 0 Å². The number of unbranched alkanes of at least 4 members (excludes halogenated alkanes) is 1. The lowest BCUT2D eigenvalue weighted by Gasteiger charge is -2.23. The summed E-state index contributed by atoms with van der Waals surface area (Å²) < 4.78 is 26.6. The van der Waals surface area contributed by atoms with Gasteiger partial charge in [0, 0.05) is 32.4 Å². The van der Waals surface area contributed by atoms with E-state index >= 15 is 0 Å². The van der Waals surface area contributed by atoms with Crippen molar-refractivity contribution in [3.8, 4) is 11.1 Å². The van der Waals surface area contributed by atoms with Gasteiger partial charge < -0.3 is 39.4 Å². The molecule has 270 valence electrons. The van der Waals surface area contributed by atoms with Gasteiger partial charge in [-0.25, -0.2) is 4.79 Å². The third kappa shape index (κ3) is 13.5. The molecule has 2 atom stereocenters. The van der Waals surface area contributed by atoms with Gasteiger partial charge in [-0.05, 0) is 41.0 Å². The van der Waals surface area contributed by atoms with Crippen molar-refractivity contribution in [1.82, 2.24) is 10.6 Å². The SMILES string of the molecule is COCCOCCOCCOCCC(=O)NCCCC[C@H](CC(=O)[C@@H](NC(=O)OCC1c2ccccc2-c2ccccc21)C(C)C)C(=O)O. The number of carboxylic acids is 1. The Labute approximate surface area is 289 Å². The van der Waals surface area contributed by atoms with E-state index < -0.39 is 24.0 Å². The number of ketones is 1. The highest BCUT2D eigenvalue weighted by Gasteiger charge is 2.32. The highest BCUT2D eigenvalue weighted by Crippen LogP contribution is 2.44. The van der Waals surface area contributed by atoms with Crippen LogP contribution >= 0.6 is 0 Å². The molecular formula is C37H52N2O10. The lowest BCUT2D eigenvalue weighted by atomic mass is 9.90. The molecule has 0 spiro atoms. The number of aliphatic carboxylic acids is 1. The molecule has 0 saturated carbocycles. The number of fused-ring (bicyclic) bond motifs is 3. The number of carboxylic acid groups (broad SMARTS) is 1. The van der Waals surface area contributed by atoms with Crippen molar-refractivity contribution in [1.29, 1.82) is 0 Å². The summed E-state index contributed by atoms with van der Waals surface area (Å²) in [6.07, 6.45) is 0.633. The number of benzene rings is 2. The third-order valence-corrected chi connectivity index (χ3v) is 8.38.